The van der Waals surface area contributed by atoms with E-state index in [1.165, 1.54) is 10.6 Å². The Hall–Kier alpha value is -2.20. The number of aromatic amines is 1. The fourth-order valence-electron chi connectivity index (χ4n) is 3.03. The summed E-state index contributed by atoms with van der Waals surface area (Å²) in [7, 11) is -1.97. The van der Waals surface area contributed by atoms with E-state index in [-0.39, 0.29) is 6.04 Å². The van der Waals surface area contributed by atoms with E-state index in [1.807, 2.05) is 0 Å². The van der Waals surface area contributed by atoms with E-state index in [1.54, 1.807) is 27.0 Å². The molecule has 10 heteroatoms. The van der Waals surface area contributed by atoms with Crippen LogP contribution in [0.3, 0.4) is 0 Å². The summed E-state index contributed by atoms with van der Waals surface area (Å²) >= 11 is 0. The molecule has 136 valence electrons. The first kappa shape index (κ1) is 17.6. The number of hydrogen-bond donors (Lipinski definition) is 2. The number of piperidine rings is 1. The predicted molar refractivity (Wildman–Crippen MR) is 92.0 cm³/mol. The molecule has 0 unspecified atom stereocenters. The van der Waals surface area contributed by atoms with Gasteiger partial charge in [0.1, 0.15) is 17.0 Å². The van der Waals surface area contributed by atoms with Crippen LogP contribution in [0.2, 0.25) is 0 Å². The highest BCUT2D eigenvalue weighted by Gasteiger charge is 2.32. The maximum atomic E-state index is 12.8. The van der Waals surface area contributed by atoms with Crippen molar-refractivity contribution in [1.29, 1.82) is 0 Å². The van der Waals surface area contributed by atoms with Gasteiger partial charge in [-0.15, -0.1) is 0 Å². The second-order valence-electron chi connectivity index (χ2n) is 6.03. The molecule has 9 nitrogen and oxygen atoms in total. The topological polar surface area (TPSA) is 113 Å². The largest absolute Gasteiger partial charge is 0.481 e. The molecule has 0 bridgehead atoms. The molecule has 25 heavy (non-hydrogen) atoms. The summed E-state index contributed by atoms with van der Waals surface area (Å²) in [6.07, 6.45) is 2.83. The number of hydrogen-bond acceptors (Lipinski definition) is 7. The van der Waals surface area contributed by atoms with Gasteiger partial charge in [0.05, 0.1) is 18.5 Å². The van der Waals surface area contributed by atoms with Gasteiger partial charge in [-0.25, -0.2) is 18.4 Å². The highest BCUT2D eigenvalue weighted by Crippen LogP contribution is 2.25. The van der Waals surface area contributed by atoms with E-state index >= 15 is 0 Å². The van der Waals surface area contributed by atoms with Crippen LogP contribution in [0.1, 0.15) is 24.2 Å². The standard InChI is InChI=1S/C15H22N6O3S/c1-10-15(11(2)20-19-10)25(22,23)21-6-4-12(5-7-21)18-13-8-14(24-3)17-9-16-13/h8-9,12H,4-7H2,1-3H3,(H,19,20)(H,16,17,18). The fraction of sp³-hybridized carbons (Fsp3) is 0.533. The lowest BCUT2D eigenvalue weighted by Gasteiger charge is -2.31. The van der Waals surface area contributed by atoms with Crippen molar-refractivity contribution in [1.82, 2.24) is 24.5 Å². The second-order valence-corrected chi connectivity index (χ2v) is 7.91. The summed E-state index contributed by atoms with van der Waals surface area (Å²) in [6, 6.07) is 1.87. The first-order chi connectivity index (χ1) is 11.9. The third kappa shape index (κ3) is 3.59. The number of methoxy groups -OCH3 is 1. The van der Waals surface area contributed by atoms with Crippen molar-refractivity contribution in [2.75, 3.05) is 25.5 Å². The fourth-order valence-corrected chi connectivity index (χ4v) is 4.83. The Bertz CT molecular complexity index is 823. The van der Waals surface area contributed by atoms with Crippen molar-refractivity contribution in [3.63, 3.8) is 0 Å². The lowest BCUT2D eigenvalue weighted by atomic mass is 10.1. The molecule has 2 aromatic heterocycles. The van der Waals surface area contributed by atoms with Crippen molar-refractivity contribution in [2.45, 2.75) is 37.6 Å². The number of aryl methyl sites for hydroxylation is 2. The lowest BCUT2D eigenvalue weighted by Crippen LogP contribution is -2.42. The number of sulfonamides is 1. The van der Waals surface area contributed by atoms with Crippen LogP contribution >= 0.6 is 0 Å². The molecule has 2 N–H and O–H groups in total. The second kappa shape index (κ2) is 6.96. The predicted octanol–water partition coefficient (Wildman–Crippen LogP) is 1.09. The van der Waals surface area contributed by atoms with Gasteiger partial charge < -0.3 is 10.1 Å². The Morgan fingerprint density at radius 3 is 2.60 bits per heavy atom. The molecule has 0 amide bonds. The Morgan fingerprint density at radius 2 is 2.00 bits per heavy atom. The van der Waals surface area contributed by atoms with Gasteiger partial charge in [-0.2, -0.15) is 9.40 Å². The molecule has 1 fully saturated rings. The number of nitrogens with zero attached hydrogens (tertiary/aromatic N) is 4. The Balaban J connectivity index is 1.65. The normalized spacial score (nSPS) is 16.8. The van der Waals surface area contributed by atoms with E-state index < -0.39 is 10.0 Å². The minimum atomic E-state index is -3.52. The van der Waals surface area contributed by atoms with Crippen LogP contribution in [0.4, 0.5) is 5.82 Å². The maximum Gasteiger partial charge on any atom is 0.246 e. The first-order valence-corrected chi connectivity index (χ1v) is 9.50. The van der Waals surface area contributed by atoms with Gasteiger partial charge in [0, 0.05) is 25.2 Å². The third-order valence-electron chi connectivity index (χ3n) is 4.32. The molecule has 1 aliphatic heterocycles. The van der Waals surface area contributed by atoms with E-state index in [0.717, 1.165) is 0 Å². The van der Waals surface area contributed by atoms with Crippen LogP contribution in [-0.2, 0) is 10.0 Å². The molecule has 0 spiro atoms. The van der Waals surface area contributed by atoms with E-state index in [0.29, 0.717) is 53.9 Å². The average Bonchev–Trinajstić information content (AvgIpc) is 2.95. The van der Waals surface area contributed by atoms with Crippen LogP contribution < -0.4 is 10.1 Å². The summed E-state index contributed by atoms with van der Waals surface area (Å²) in [6.45, 7) is 4.33. The van der Waals surface area contributed by atoms with E-state index in [4.69, 9.17) is 4.74 Å². The maximum absolute atomic E-state index is 12.8. The smallest absolute Gasteiger partial charge is 0.246 e. The molecule has 3 heterocycles. The van der Waals surface area contributed by atoms with Gasteiger partial charge in [0.2, 0.25) is 15.9 Å². The summed E-state index contributed by atoms with van der Waals surface area (Å²) in [5, 5.41) is 10.0. The number of nitrogens with one attached hydrogen (secondary N) is 2. The molecule has 0 atom stereocenters. The van der Waals surface area contributed by atoms with Gasteiger partial charge in [0.15, 0.2) is 0 Å². The molecule has 1 saturated heterocycles. The van der Waals surface area contributed by atoms with E-state index in [2.05, 4.69) is 25.5 Å². The molecule has 3 rings (SSSR count). The monoisotopic (exact) mass is 366 g/mol. The molecule has 0 saturated carbocycles. The van der Waals surface area contributed by atoms with Crippen molar-refractivity contribution in [3.05, 3.63) is 23.8 Å². The van der Waals surface area contributed by atoms with Crippen molar-refractivity contribution in [2.24, 2.45) is 0 Å². The van der Waals surface area contributed by atoms with Crippen molar-refractivity contribution >= 4 is 15.8 Å². The van der Waals surface area contributed by atoms with Crippen molar-refractivity contribution in [3.8, 4) is 5.88 Å². The number of anilines is 1. The zero-order valence-corrected chi connectivity index (χ0v) is 15.3. The molecule has 0 aliphatic carbocycles. The van der Waals surface area contributed by atoms with Crippen LogP contribution in [-0.4, -0.2) is 59.1 Å². The summed E-state index contributed by atoms with van der Waals surface area (Å²) in [4.78, 5) is 8.43. The zero-order valence-electron chi connectivity index (χ0n) is 14.5. The number of aromatic nitrogens is 4. The van der Waals surface area contributed by atoms with Crippen LogP contribution in [0, 0.1) is 13.8 Å². The number of ether oxygens (including phenoxy) is 1. The number of rotatable bonds is 5. The molecular weight excluding hydrogens is 344 g/mol. The minimum Gasteiger partial charge on any atom is -0.481 e. The third-order valence-corrected chi connectivity index (χ3v) is 6.48. The zero-order chi connectivity index (χ0) is 18.0. The first-order valence-electron chi connectivity index (χ1n) is 8.06. The molecule has 0 radical (unpaired) electrons. The van der Waals surface area contributed by atoms with Crippen LogP contribution in [0.15, 0.2) is 17.3 Å². The van der Waals surface area contributed by atoms with Gasteiger partial charge in [-0.1, -0.05) is 0 Å². The van der Waals surface area contributed by atoms with E-state index in [9.17, 15) is 8.42 Å². The Labute approximate surface area is 146 Å². The highest BCUT2D eigenvalue weighted by atomic mass is 32.2. The molecule has 1 aliphatic rings. The molecule has 2 aromatic rings. The Kier molecular flexibility index (Phi) is 4.91. The van der Waals surface area contributed by atoms with Crippen LogP contribution in [0.25, 0.3) is 0 Å². The number of H-pyrrole nitrogens is 1. The molecular formula is C15H22N6O3S. The van der Waals surface area contributed by atoms with Gasteiger partial charge in [0.25, 0.3) is 0 Å². The van der Waals surface area contributed by atoms with Gasteiger partial charge in [-0.05, 0) is 26.7 Å². The highest BCUT2D eigenvalue weighted by molar-refractivity contribution is 7.89. The van der Waals surface area contributed by atoms with Crippen molar-refractivity contribution < 1.29 is 13.2 Å². The van der Waals surface area contributed by atoms with Gasteiger partial charge in [-0.3, -0.25) is 5.10 Å². The summed E-state index contributed by atoms with van der Waals surface area (Å²) in [5.41, 5.74) is 1.08. The quantitative estimate of drug-likeness (QED) is 0.814. The SMILES string of the molecule is COc1cc(NC2CCN(S(=O)(=O)c3c(C)n[nH]c3C)CC2)ncn1. The lowest BCUT2D eigenvalue weighted by molar-refractivity contribution is 0.329. The Morgan fingerprint density at radius 1 is 1.28 bits per heavy atom. The summed E-state index contributed by atoms with van der Waals surface area (Å²) < 4.78 is 32.3. The molecule has 0 aromatic carbocycles. The average molecular weight is 366 g/mol. The summed E-state index contributed by atoms with van der Waals surface area (Å²) in [5.74, 6) is 1.16. The minimum absolute atomic E-state index is 0.151. The van der Waals surface area contributed by atoms with Crippen LogP contribution in [0.5, 0.6) is 5.88 Å². The van der Waals surface area contributed by atoms with Gasteiger partial charge >= 0.3 is 0 Å².